The van der Waals surface area contributed by atoms with Gasteiger partial charge in [0.25, 0.3) is 0 Å². The lowest BCUT2D eigenvalue weighted by Crippen LogP contribution is -2.49. The first-order chi connectivity index (χ1) is 9.10. The lowest BCUT2D eigenvalue weighted by Gasteiger charge is -2.30. The van der Waals surface area contributed by atoms with Gasteiger partial charge in [0, 0.05) is 11.4 Å². The predicted molar refractivity (Wildman–Crippen MR) is 78.9 cm³/mol. The van der Waals surface area contributed by atoms with Gasteiger partial charge >= 0.3 is 0 Å². The van der Waals surface area contributed by atoms with Crippen LogP contribution in [0.2, 0.25) is 0 Å². The van der Waals surface area contributed by atoms with Gasteiger partial charge in [-0.1, -0.05) is 32.0 Å². The van der Waals surface area contributed by atoms with E-state index in [4.69, 9.17) is 16.3 Å². The first-order valence-electron chi connectivity index (χ1n) is 6.59. The SMILES string of the molecule is CCC(CC)(CCl)NC(=O)Cc1ccccc1OC. The van der Waals surface area contributed by atoms with Crippen LogP contribution in [0.3, 0.4) is 0 Å². The van der Waals surface area contributed by atoms with Crippen molar-refractivity contribution in [3.8, 4) is 5.75 Å². The number of amides is 1. The summed E-state index contributed by atoms with van der Waals surface area (Å²) in [5.41, 5.74) is 0.582. The van der Waals surface area contributed by atoms with E-state index in [1.165, 1.54) is 0 Å². The van der Waals surface area contributed by atoms with E-state index in [0.717, 1.165) is 24.2 Å². The molecule has 0 bridgehead atoms. The molecule has 3 nitrogen and oxygen atoms in total. The van der Waals surface area contributed by atoms with Gasteiger partial charge in [0.05, 0.1) is 19.1 Å². The zero-order valence-corrected chi connectivity index (χ0v) is 12.6. The Kier molecular flexibility index (Phi) is 6.16. The maximum Gasteiger partial charge on any atom is 0.225 e. The highest BCUT2D eigenvalue weighted by Crippen LogP contribution is 2.20. The van der Waals surface area contributed by atoms with E-state index in [2.05, 4.69) is 5.32 Å². The Morgan fingerprint density at radius 1 is 1.32 bits per heavy atom. The third-order valence-corrected chi connectivity index (χ3v) is 4.07. The van der Waals surface area contributed by atoms with Crippen molar-refractivity contribution in [2.24, 2.45) is 0 Å². The Morgan fingerprint density at radius 3 is 2.47 bits per heavy atom. The highest BCUT2D eigenvalue weighted by Gasteiger charge is 2.27. The fourth-order valence-corrected chi connectivity index (χ4v) is 2.46. The van der Waals surface area contributed by atoms with Crippen LogP contribution in [0.5, 0.6) is 5.75 Å². The molecule has 0 spiro atoms. The molecule has 1 aromatic rings. The van der Waals surface area contributed by atoms with Gasteiger partial charge in [-0.2, -0.15) is 0 Å². The van der Waals surface area contributed by atoms with Crippen LogP contribution >= 0.6 is 11.6 Å². The van der Waals surface area contributed by atoms with E-state index in [9.17, 15) is 4.79 Å². The van der Waals surface area contributed by atoms with Crippen LogP contribution in [0.1, 0.15) is 32.3 Å². The van der Waals surface area contributed by atoms with Gasteiger partial charge in [0.15, 0.2) is 0 Å². The molecular weight excluding hydrogens is 262 g/mol. The zero-order chi connectivity index (χ0) is 14.3. The number of benzene rings is 1. The molecular formula is C15H22ClNO2. The predicted octanol–water partition coefficient (Wildman–Crippen LogP) is 3.15. The van der Waals surface area contributed by atoms with Gasteiger partial charge in [-0.25, -0.2) is 0 Å². The number of methoxy groups -OCH3 is 1. The number of para-hydroxylation sites is 1. The van der Waals surface area contributed by atoms with Gasteiger partial charge in [-0.15, -0.1) is 11.6 Å². The third kappa shape index (κ3) is 4.13. The van der Waals surface area contributed by atoms with Crippen molar-refractivity contribution in [3.63, 3.8) is 0 Å². The molecule has 1 aromatic carbocycles. The first kappa shape index (κ1) is 15.8. The summed E-state index contributed by atoms with van der Waals surface area (Å²) >= 11 is 5.99. The third-order valence-electron chi connectivity index (χ3n) is 3.56. The van der Waals surface area contributed by atoms with Crippen molar-refractivity contribution < 1.29 is 9.53 Å². The molecule has 0 aliphatic rings. The Labute approximate surface area is 120 Å². The van der Waals surface area contributed by atoms with Crippen molar-refractivity contribution in [3.05, 3.63) is 29.8 Å². The molecule has 0 aromatic heterocycles. The van der Waals surface area contributed by atoms with Crippen molar-refractivity contribution in [1.29, 1.82) is 0 Å². The van der Waals surface area contributed by atoms with Crippen LogP contribution in [0.25, 0.3) is 0 Å². The number of hydrogen-bond acceptors (Lipinski definition) is 2. The van der Waals surface area contributed by atoms with E-state index in [1.54, 1.807) is 7.11 Å². The molecule has 0 aliphatic heterocycles. The maximum absolute atomic E-state index is 12.1. The summed E-state index contributed by atoms with van der Waals surface area (Å²) in [6, 6.07) is 7.55. The van der Waals surface area contributed by atoms with Gasteiger partial charge in [0.2, 0.25) is 5.91 Å². The molecule has 4 heteroatoms. The topological polar surface area (TPSA) is 38.3 Å². The van der Waals surface area contributed by atoms with Gasteiger partial charge in [0.1, 0.15) is 5.75 Å². The largest absolute Gasteiger partial charge is 0.496 e. The summed E-state index contributed by atoms with van der Waals surface area (Å²) in [7, 11) is 1.61. The monoisotopic (exact) mass is 283 g/mol. The molecule has 1 amide bonds. The van der Waals surface area contributed by atoms with Crippen molar-refractivity contribution in [2.75, 3.05) is 13.0 Å². The standard InChI is InChI=1S/C15H22ClNO2/c1-4-15(5-2,11-16)17-14(18)10-12-8-6-7-9-13(12)19-3/h6-9H,4-5,10-11H2,1-3H3,(H,17,18). The smallest absolute Gasteiger partial charge is 0.225 e. The number of rotatable bonds is 7. The summed E-state index contributed by atoms with van der Waals surface area (Å²) in [5.74, 6) is 1.15. The first-order valence-corrected chi connectivity index (χ1v) is 7.13. The van der Waals surface area contributed by atoms with Gasteiger partial charge in [-0.3, -0.25) is 4.79 Å². The average molecular weight is 284 g/mol. The minimum atomic E-state index is -0.305. The van der Waals surface area contributed by atoms with Crippen LogP contribution in [0.15, 0.2) is 24.3 Å². The van der Waals surface area contributed by atoms with Crippen LogP contribution < -0.4 is 10.1 Å². The second-order valence-corrected chi connectivity index (χ2v) is 4.93. The van der Waals surface area contributed by atoms with E-state index < -0.39 is 0 Å². The minimum absolute atomic E-state index is 0.0196. The Balaban J connectivity index is 2.74. The molecule has 0 aliphatic carbocycles. The summed E-state index contributed by atoms with van der Waals surface area (Å²) in [6.45, 7) is 4.07. The molecule has 0 fully saturated rings. The number of nitrogens with one attached hydrogen (secondary N) is 1. The molecule has 106 valence electrons. The van der Waals surface area contributed by atoms with Crippen LogP contribution in [0, 0.1) is 0 Å². The van der Waals surface area contributed by atoms with Crippen molar-refractivity contribution in [2.45, 2.75) is 38.6 Å². The minimum Gasteiger partial charge on any atom is -0.496 e. The van der Waals surface area contributed by atoms with Crippen molar-refractivity contribution >= 4 is 17.5 Å². The highest BCUT2D eigenvalue weighted by molar-refractivity contribution is 6.18. The Morgan fingerprint density at radius 2 is 1.95 bits per heavy atom. The van der Waals surface area contributed by atoms with E-state index in [1.807, 2.05) is 38.1 Å². The molecule has 0 saturated heterocycles. The highest BCUT2D eigenvalue weighted by atomic mass is 35.5. The van der Waals surface area contributed by atoms with Gasteiger partial charge < -0.3 is 10.1 Å². The van der Waals surface area contributed by atoms with E-state index in [-0.39, 0.29) is 11.4 Å². The van der Waals surface area contributed by atoms with E-state index >= 15 is 0 Å². The van der Waals surface area contributed by atoms with Crippen molar-refractivity contribution in [1.82, 2.24) is 5.32 Å². The lowest BCUT2D eigenvalue weighted by molar-refractivity contribution is -0.122. The Hall–Kier alpha value is -1.22. The number of halogens is 1. The molecule has 19 heavy (non-hydrogen) atoms. The van der Waals surface area contributed by atoms with Crippen LogP contribution in [0.4, 0.5) is 0 Å². The second kappa shape index (κ2) is 7.39. The number of ether oxygens (including phenoxy) is 1. The molecule has 0 saturated carbocycles. The number of carbonyl (C=O) groups excluding carboxylic acids is 1. The molecule has 0 heterocycles. The summed E-state index contributed by atoms with van der Waals surface area (Å²) in [4.78, 5) is 12.1. The molecule has 0 radical (unpaired) electrons. The number of carbonyl (C=O) groups is 1. The number of hydrogen-bond donors (Lipinski definition) is 1. The average Bonchev–Trinajstić information content (AvgIpc) is 2.45. The zero-order valence-electron chi connectivity index (χ0n) is 11.8. The Bertz CT molecular complexity index is 408. The van der Waals surface area contributed by atoms with Gasteiger partial charge in [-0.05, 0) is 18.9 Å². The van der Waals surface area contributed by atoms with E-state index in [0.29, 0.717) is 12.3 Å². The molecule has 1 rings (SSSR count). The fraction of sp³-hybridized carbons (Fsp3) is 0.533. The quantitative estimate of drug-likeness (QED) is 0.781. The maximum atomic E-state index is 12.1. The molecule has 0 unspecified atom stereocenters. The van der Waals surface area contributed by atoms with Crippen LogP contribution in [-0.4, -0.2) is 24.4 Å². The summed E-state index contributed by atoms with van der Waals surface area (Å²) in [5, 5.41) is 3.05. The summed E-state index contributed by atoms with van der Waals surface area (Å²) in [6.07, 6.45) is 1.96. The molecule has 0 atom stereocenters. The number of alkyl halides is 1. The second-order valence-electron chi connectivity index (χ2n) is 4.66. The lowest BCUT2D eigenvalue weighted by atomic mass is 9.94. The molecule has 1 N–H and O–H groups in total. The summed E-state index contributed by atoms with van der Waals surface area (Å²) < 4.78 is 5.25. The van der Waals surface area contributed by atoms with Crippen LogP contribution in [-0.2, 0) is 11.2 Å². The normalized spacial score (nSPS) is 11.2. The fourth-order valence-electron chi connectivity index (χ4n) is 2.01.